The zero-order valence-corrected chi connectivity index (χ0v) is 18.8. The van der Waals surface area contributed by atoms with E-state index in [4.69, 9.17) is 9.97 Å². The molecule has 6 nitrogen and oxygen atoms in total. The number of hydrogen-bond acceptors (Lipinski definition) is 5. The van der Waals surface area contributed by atoms with Crippen LogP contribution in [0.1, 0.15) is 11.6 Å². The van der Waals surface area contributed by atoms with Gasteiger partial charge in [-0.15, -0.1) is 0 Å². The molecule has 0 bridgehead atoms. The van der Waals surface area contributed by atoms with Crippen LogP contribution >= 0.6 is 11.8 Å². The number of aromatic amines is 2. The number of rotatable bonds is 6. The molecule has 0 saturated heterocycles. The van der Waals surface area contributed by atoms with Crippen molar-refractivity contribution >= 4 is 33.8 Å². The Morgan fingerprint density at radius 3 is 1.55 bits per heavy atom. The molecular weight excluding hydrogens is 428 g/mol. The minimum atomic E-state index is -0.415. The number of para-hydroxylation sites is 4. The van der Waals surface area contributed by atoms with Gasteiger partial charge in [0.1, 0.15) is 22.7 Å². The van der Waals surface area contributed by atoms with Crippen LogP contribution in [0.5, 0.6) is 0 Å². The van der Waals surface area contributed by atoms with Crippen molar-refractivity contribution in [3.05, 3.63) is 109 Å². The molecule has 0 fully saturated rings. The van der Waals surface area contributed by atoms with Gasteiger partial charge in [-0.3, -0.25) is 0 Å². The predicted molar refractivity (Wildman–Crippen MR) is 136 cm³/mol. The van der Waals surface area contributed by atoms with Gasteiger partial charge in [-0.25, -0.2) is 9.97 Å². The second-order valence-corrected chi connectivity index (χ2v) is 9.35. The Morgan fingerprint density at radius 2 is 1.12 bits per heavy atom. The molecule has 0 amide bonds. The Kier molecular flexibility index (Phi) is 4.84. The molecular formula is C26H24N6S. The number of fused-ring (bicyclic) bond motifs is 2. The minimum absolute atomic E-state index is 0.415. The van der Waals surface area contributed by atoms with Crippen molar-refractivity contribution in [2.45, 2.75) is 11.1 Å². The first-order chi connectivity index (χ1) is 16.3. The molecule has 2 aliphatic rings. The van der Waals surface area contributed by atoms with Gasteiger partial charge < -0.3 is 20.6 Å². The molecule has 0 radical (unpaired) electrons. The van der Waals surface area contributed by atoms with Crippen LogP contribution in [0.25, 0.3) is 22.1 Å². The Balaban J connectivity index is 1.29. The fourth-order valence-electron chi connectivity index (χ4n) is 4.35. The third kappa shape index (κ3) is 3.54. The van der Waals surface area contributed by atoms with Gasteiger partial charge in [-0.1, -0.05) is 48.6 Å². The van der Waals surface area contributed by atoms with Crippen LogP contribution < -0.4 is 10.6 Å². The standard InChI is InChI=1S/C26H24N6S/c1-2-10-20-19(9-1)29-23(30-20)25(13-5-7-15-27-25)17-33-18-26(14-6-8-16-28-26)24-31-21-11-3-4-12-22(21)32-24/h1-16,27-28H,17-18H2,(H,29,30)(H,31,32). The smallest absolute Gasteiger partial charge is 0.137 e. The highest BCUT2D eigenvalue weighted by Gasteiger charge is 2.37. The first kappa shape index (κ1) is 19.9. The average molecular weight is 453 g/mol. The van der Waals surface area contributed by atoms with E-state index in [1.165, 1.54) is 0 Å². The predicted octanol–water partition coefficient (Wildman–Crippen LogP) is 4.61. The normalized spacial score (nSPS) is 23.8. The van der Waals surface area contributed by atoms with Gasteiger partial charge in [0, 0.05) is 11.5 Å². The number of allylic oxidation sites excluding steroid dienone is 4. The fraction of sp³-hybridized carbons (Fsp3) is 0.154. The maximum atomic E-state index is 4.90. The molecule has 7 heteroatoms. The molecule has 4 N–H and O–H groups in total. The summed E-state index contributed by atoms with van der Waals surface area (Å²) in [7, 11) is 0. The summed E-state index contributed by atoms with van der Waals surface area (Å²) in [5, 5.41) is 7.13. The molecule has 6 rings (SSSR count). The van der Waals surface area contributed by atoms with E-state index in [9.17, 15) is 0 Å². The Morgan fingerprint density at radius 1 is 0.636 bits per heavy atom. The van der Waals surface area contributed by atoms with E-state index < -0.39 is 11.1 Å². The number of thioether (sulfide) groups is 1. The van der Waals surface area contributed by atoms with Gasteiger partial charge in [0.15, 0.2) is 0 Å². The first-order valence-electron chi connectivity index (χ1n) is 11.0. The van der Waals surface area contributed by atoms with Crippen LogP contribution in [-0.4, -0.2) is 31.4 Å². The monoisotopic (exact) mass is 452 g/mol. The Hall–Kier alpha value is -3.71. The summed E-state index contributed by atoms with van der Waals surface area (Å²) in [5.41, 5.74) is 3.21. The van der Waals surface area contributed by atoms with Crippen LogP contribution in [0, 0.1) is 0 Å². The molecule has 2 aliphatic heterocycles. The van der Waals surface area contributed by atoms with E-state index in [1.54, 1.807) is 0 Å². The summed E-state index contributed by atoms with van der Waals surface area (Å²) in [4.78, 5) is 16.8. The third-order valence-electron chi connectivity index (χ3n) is 6.14. The van der Waals surface area contributed by atoms with Gasteiger partial charge >= 0.3 is 0 Å². The molecule has 0 spiro atoms. The van der Waals surface area contributed by atoms with Crippen molar-refractivity contribution in [2.75, 3.05) is 11.5 Å². The third-order valence-corrected chi connectivity index (χ3v) is 7.46. The summed E-state index contributed by atoms with van der Waals surface area (Å²) in [6, 6.07) is 16.3. The molecule has 0 saturated carbocycles. The van der Waals surface area contributed by atoms with Gasteiger partial charge in [-0.05, 0) is 48.8 Å². The summed E-state index contributed by atoms with van der Waals surface area (Å²) >= 11 is 1.86. The number of dihydropyridines is 2. The number of nitrogens with one attached hydrogen (secondary N) is 4. The molecule has 164 valence electrons. The van der Waals surface area contributed by atoms with E-state index in [0.29, 0.717) is 0 Å². The zero-order chi connectivity index (χ0) is 22.1. The van der Waals surface area contributed by atoms with E-state index in [1.807, 2.05) is 72.7 Å². The number of hydrogen-bond donors (Lipinski definition) is 4. The fourth-order valence-corrected chi connectivity index (χ4v) is 5.73. The first-order valence-corrected chi connectivity index (χ1v) is 12.1. The van der Waals surface area contributed by atoms with Crippen molar-refractivity contribution in [3.63, 3.8) is 0 Å². The van der Waals surface area contributed by atoms with Crippen LogP contribution in [-0.2, 0) is 11.1 Å². The maximum Gasteiger partial charge on any atom is 0.137 e. The van der Waals surface area contributed by atoms with Gasteiger partial charge in [0.25, 0.3) is 0 Å². The highest BCUT2D eigenvalue weighted by molar-refractivity contribution is 7.99. The maximum absolute atomic E-state index is 4.90. The largest absolute Gasteiger partial charge is 0.375 e. The minimum Gasteiger partial charge on any atom is -0.375 e. The van der Waals surface area contributed by atoms with Crippen molar-refractivity contribution in [1.82, 2.24) is 30.6 Å². The molecule has 4 aromatic rings. The van der Waals surface area contributed by atoms with Crippen LogP contribution in [0.4, 0.5) is 0 Å². The van der Waals surface area contributed by atoms with Gasteiger partial charge in [0.2, 0.25) is 0 Å². The number of aromatic nitrogens is 4. The van der Waals surface area contributed by atoms with Gasteiger partial charge in [-0.2, -0.15) is 11.8 Å². The molecule has 33 heavy (non-hydrogen) atoms. The second kappa shape index (κ2) is 8.01. The van der Waals surface area contributed by atoms with E-state index in [0.717, 1.165) is 45.2 Å². The van der Waals surface area contributed by atoms with Crippen molar-refractivity contribution in [3.8, 4) is 0 Å². The summed E-state index contributed by atoms with van der Waals surface area (Å²) in [5.74, 6) is 3.44. The Labute approximate surface area is 196 Å². The second-order valence-electron chi connectivity index (χ2n) is 8.37. The van der Waals surface area contributed by atoms with E-state index in [2.05, 4.69) is 57.0 Å². The highest BCUT2D eigenvalue weighted by atomic mass is 32.2. The lowest BCUT2D eigenvalue weighted by Gasteiger charge is -2.34. The lowest BCUT2D eigenvalue weighted by Crippen LogP contribution is -2.45. The molecule has 2 unspecified atom stereocenters. The number of benzene rings is 2. The van der Waals surface area contributed by atoms with Gasteiger partial charge in [0.05, 0.1) is 22.1 Å². The van der Waals surface area contributed by atoms with E-state index in [-0.39, 0.29) is 0 Å². The molecule has 0 aliphatic carbocycles. The average Bonchev–Trinajstić information content (AvgIpc) is 3.50. The topological polar surface area (TPSA) is 81.4 Å². The summed E-state index contributed by atoms with van der Waals surface area (Å²) in [6.07, 6.45) is 16.6. The molecule has 2 aromatic heterocycles. The van der Waals surface area contributed by atoms with Crippen molar-refractivity contribution in [1.29, 1.82) is 0 Å². The number of imidazole rings is 2. The van der Waals surface area contributed by atoms with E-state index >= 15 is 0 Å². The highest BCUT2D eigenvalue weighted by Crippen LogP contribution is 2.34. The molecule has 4 heterocycles. The molecule has 2 aromatic carbocycles. The molecule has 2 atom stereocenters. The van der Waals surface area contributed by atoms with Crippen LogP contribution in [0.3, 0.4) is 0 Å². The SMILES string of the molecule is C1=CNC(CSCC2(c3nc4ccccc4[nH]3)C=CC=CN2)(c2nc3ccccc3[nH]2)C=C1. The Bertz CT molecular complexity index is 1250. The lowest BCUT2D eigenvalue weighted by atomic mass is 9.98. The summed E-state index contributed by atoms with van der Waals surface area (Å²) < 4.78 is 0. The summed E-state index contributed by atoms with van der Waals surface area (Å²) in [6.45, 7) is 0. The number of nitrogens with zero attached hydrogens (tertiary/aromatic N) is 2. The quantitative estimate of drug-likeness (QED) is 0.344. The zero-order valence-electron chi connectivity index (χ0n) is 18.0. The van der Waals surface area contributed by atoms with Crippen LogP contribution in [0.2, 0.25) is 0 Å². The van der Waals surface area contributed by atoms with Crippen molar-refractivity contribution < 1.29 is 0 Å². The lowest BCUT2D eigenvalue weighted by molar-refractivity contribution is 0.493. The van der Waals surface area contributed by atoms with Crippen molar-refractivity contribution in [2.24, 2.45) is 0 Å². The van der Waals surface area contributed by atoms with Crippen LogP contribution in [0.15, 0.2) is 97.4 Å². The number of H-pyrrole nitrogens is 2.